The van der Waals surface area contributed by atoms with Gasteiger partial charge in [-0.25, -0.2) is 9.07 Å². The molecule has 0 radical (unpaired) electrons. The highest BCUT2D eigenvalue weighted by atomic mass is 19.1. The van der Waals surface area contributed by atoms with Crippen molar-refractivity contribution in [2.24, 2.45) is 0 Å². The second-order valence-electron chi connectivity index (χ2n) is 6.02. The van der Waals surface area contributed by atoms with Crippen LogP contribution in [0.15, 0.2) is 45.7 Å². The number of nitrogens with zero attached hydrogens (tertiary/aromatic N) is 4. The number of carbonyl (C=O) groups is 1. The number of halogens is 1. The molecule has 140 valence electrons. The summed E-state index contributed by atoms with van der Waals surface area (Å²) in [7, 11) is 0. The first-order valence-electron chi connectivity index (χ1n) is 8.44. The van der Waals surface area contributed by atoms with E-state index in [2.05, 4.69) is 20.6 Å². The number of rotatable bonds is 6. The van der Waals surface area contributed by atoms with Gasteiger partial charge in [0.1, 0.15) is 18.1 Å². The molecule has 0 aliphatic rings. The van der Waals surface area contributed by atoms with Crippen LogP contribution in [0.4, 0.5) is 4.39 Å². The fourth-order valence-electron chi connectivity index (χ4n) is 2.28. The van der Waals surface area contributed by atoms with Crippen molar-refractivity contribution in [3.63, 3.8) is 0 Å². The highest BCUT2D eigenvalue weighted by Gasteiger charge is 2.15. The summed E-state index contributed by atoms with van der Waals surface area (Å²) in [4.78, 5) is 28.2. The number of hydrogen-bond acceptors (Lipinski definition) is 6. The van der Waals surface area contributed by atoms with Gasteiger partial charge in [0.25, 0.3) is 11.4 Å². The summed E-state index contributed by atoms with van der Waals surface area (Å²) in [6.45, 7) is 3.61. The molecule has 2 aromatic heterocycles. The van der Waals surface area contributed by atoms with Gasteiger partial charge in [-0.3, -0.25) is 9.59 Å². The van der Waals surface area contributed by atoms with Gasteiger partial charge < -0.3 is 9.84 Å². The molecule has 0 fully saturated rings. The zero-order valence-corrected chi connectivity index (χ0v) is 14.8. The Morgan fingerprint density at radius 2 is 2.00 bits per heavy atom. The second kappa shape index (κ2) is 7.90. The molecule has 1 atom stereocenters. The zero-order chi connectivity index (χ0) is 19.4. The molecule has 0 saturated heterocycles. The number of carbonyl (C=O) groups excluding carboxylic acids is 1. The smallest absolute Gasteiger partial charge is 0.278 e. The average molecular weight is 371 g/mol. The lowest BCUT2D eigenvalue weighted by Gasteiger charge is -2.11. The minimum absolute atomic E-state index is 0.00518. The van der Waals surface area contributed by atoms with Crippen LogP contribution in [0.1, 0.15) is 20.3 Å². The van der Waals surface area contributed by atoms with E-state index in [9.17, 15) is 14.0 Å². The molecule has 0 aliphatic carbocycles. The van der Waals surface area contributed by atoms with Gasteiger partial charge in [-0.05, 0) is 43.7 Å². The van der Waals surface area contributed by atoms with Crippen molar-refractivity contribution >= 4 is 5.91 Å². The van der Waals surface area contributed by atoms with Gasteiger partial charge in [-0.15, -0.1) is 0 Å². The Hall–Kier alpha value is -3.36. The van der Waals surface area contributed by atoms with Gasteiger partial charge in [0.15, 0.2) is 0 Å². The third-order valence-corrected chi connectivity index (χ3v) is 3.93. The highest BCUT2D eigenvalue weighted by Crippen LogP contribution is 2.20. The van der Waals surface area contributed by atoms with Gasteiger partial charge in [-0.2, -0.15) is 10.1 Å². The molecule has 0 aliphatic heterocycles. The van der Waals surface area contributed by atoms with Gasteiger partial charge in [-0.1, -0.05) is 12.1 Å². The number of benzene rings is 1. The molecule has 1 N–H and O–H groups in total. The summed E-state index contributed by atoms with van der Waals surface area (Å²) < 4.78 is 19.2. The predicted octanol–water partition coefficient (Wildman–Crippen LogP) is 2.01. The molecular formula is C18H18FN5O3. The zero-order valence-electron chi connectivity index (χ0n) is 14.8. The van der Waals surface area contributed by atoms with Gasteiger partial charge >= 0.3 is 0 Å². The van der Waals surface area contributed by atoms with E-state index >= 15 is 0 Å². The van der Waals surface area contributed by atoms with Crippen molar-refractivity contribution in [1.29, 1.82) is 0 Å². The predicted molar refractivity (Wildman–Crippen MR) is 95.1 cm³/mol. The van der Waals surface area contributed by atoms with Gasteiger partial charge in [0.2, 0.25) is 11.7 Å². The Morgan fingerprint density at radius 3 is 2.70 bits per heavy atom. The third-order valence-electron chi connectivity index (χ3n) is 3.93. The van der Waals surface area contributed by atoms with E-state index in [0.29, 0.717) is 5.56 Å². The van der Waals surface area contributed by atoms with Crippen LogP contribution < -0.4 is 10.9 Å². The summed E-state index contributed by atoms with van der Waals surface area (Å²) in [5.41, 5.74) is 0.413. The van der Waals surface area contributed by atoms with E-state index in [4.69, 9.17) is 4.52 Å². The monoisotopic (exact) mass is 371 g/mol. The van der Waals surface area contributed by atoms with Crippen molar-refractivity contribution in [3.05, 3.63) is 52.6 Å². The summed E-state index contributed by atoms with van der Waals surface area (Å²) >= 11 is 0. The molecule has 1 aromatic carbocycles. The Morgan fingerprint density at radius 1 is 1.26 bits per heavy atom. The first kappa shape index (κ1) is 18.4. The van der Waals surface area contributed by atoms with E-state index in [0.717, 1.165) is 11.1 Å². The lowest BCUT2D eigenvalue weighted by atomic mass is 10.2. The van der Waals surface area contributed by atoms with Crippen LogP contribution in [0, 0.1) is 5.82 Å². The topological polar surface area (TPSA) is 103 Å². The van der Waals surface area contributed by atoms with Crippen LogP contribution in [0.3, 0.4) is 0 Å². The Kier molecular flexibility index (Phi) is 5.39. The normalized spacial score (nSPS) is 12.0. The van der Waals surface area contributed by atoms with Gasteiger partial charge in [0, 0.05) is 17.7 Å². The number of nitrogens with one attached hydrogen (secondary N) is 1. The molecular weight excluding hydrogens is 353 g/mol. The van der Waals surface area contributed by atoms with Crippen LogP contribution >= 0.6 is 0 Å². The minimum Gasteiger partial charge on any atom is -0.352 e. The fourth-order valence-corrected chi connectivity index (χ4v) is 2.28. The first-order valence-corrected chi connectivity index (χ1v) is 8.44. The fraction of sp³-hybridized carbons (Fsp3) is 0.278. The summed E-state index contributed by atoms with van der Waals surface area (Å²) in [6.07, 6.45) is 0.780. The summed E-state index contributed by atoms with van der Waals surface area (Å²) in [5, 5.41) is 10.7. The van der Waals surface area contributed by atoms with Crippen LogP contribution in [0.2, 0.25) is 0 Å². The summed E-state index contributed by atoms with van der Waals surface area (Å²) in [6, 6.07) is 8.35. The van der Waals surface area contributed by atoms with Crippen molar-refractivity contribution in [1.82, 2.24) is 25.2 Å². The quantitative estimate of drug-likeness (QED) is 0.711. The van der Waals surface area contributed by atoms with E-state index in [-0.39, 0.29) is 41.7 Å². The first-order chi connectivity index (χ1) is 13.0. The van der Waals surface area contributed by atoms with E-state index in [1.165, 1.54) is 36.4 Å². The highest BCUT2D eigenvalue weighted by molar-refractivity contribution is 5.75. The Balaban J connectivity index is 1.83. The molecule has 9 heteroatoms. The third kappa shape index (κ3) is 4.43. The molecule has 0 saturated carbocycles. The maximum Gasteiger partial charge on any atom is 0.278 e. The van der Waals surface area contributed by atoms with Crippen molar-refractivity contribution in [3.8, 4) is 23.0 Å². The molecule has 0 spiro atoms. The van der Waals surface area contributed by atoms with Crippen molar-refractivity contribution < 1.29 is 13.7 Å². The van der Waals surface area contributed by atoms with E-state index in [1.54, 1.807) is 0 Å². The van der Waals surface area contributed by atoms with Crippen LogP contribution in [0.25, 0.3) is 23.0 Å². The number of amides is 1. The Labute approximate surface area is 154 Å². The van der Waals surface area contributed by atoms with Crippen LogP contribution in [0.5, 0.6) is 0 Å². The lowest BCUT2D eigenvalue weighted by Crippen LogP contribution is -2.37. The van der Waals surface area contributed by atoms with Crippen molar-refractivity contribution in [2.75, 3.05) is 0 Å². The molecule has 0 unspecified atom stereocenters. The molecule has 2 heterocycles. The van der Waals surface area contributed by atoms with E-state index in [1.807, 2.05) is 13.8 Å². The average Bonchev–Trinajstić information content (AvgIpc) is 3.14. The van der Waals surface area contributed by atoms with E-state index < -0.39 is 5.56 Å². The standard InChI is InChI=1S/C18H18FN5O3/c1-3-11(2)20-15(25)10-24-16(26)9-8-14(22-24)18-21-17(23-27-18)12-4-6-13(19)7-5-12/h4-9,11H,3,10H2,1-2H3,(H,20,25)/t11-/m1/s1. The lowest BCUT2D eigenvalue weighted by molar-refractivity contribution is -0.122. The molecule has 0 bridgehead atoms. The maximum atomic E-state index is 13.0. The summed E-state index contributed by atoms with van der Waals surface area (Å²) in [5.74, 6) is -0.329. The van der Waals surface area contributed by atoms with Crippen LogP contribution in [-0.2, 0) is 11.3 Å². The number of hydrogen-bond donors (Lipinski definition) is 1. The van der Waals surface area contributed by atoms with Gasteiger partial charge in [0.05, 0.1) is 0 Å². The molecule has 27 heavy (non-hydrogen) atoms. The van der Waals surface area contributed by atoms with Crippen LogP contribution in [-0.4, -0.2) is 31.9 Å². The number of aromatic nitrogens is 4. The largest absolute Gasteiger partial charge is 0.352 e. The minimum atomic E-state index is -0.420. The molecule has 3 aromatic rings. The Bertz CT molecular complexity index is 997. The van der Waals surface area contributed by atoms with Crippen molar-refractivity contribution in [2.45, 2.75) is 32.9 Å². The molecule has 1 amide bonds. The molecule has 3 rings (SSSR count). The second-order valence-corrected chi connectivity index (χ2v) is 6.02. The molecule has 8 nitrogen and oxygen atoms in total. The SMILES string of the molecule is CC[C@@H](C)NC(=O)Cn1nc(-c2nc(-c3ccc(F)cc3)no2)ccc1=O. The maximum absolute atomic E-state index is 13.0.